The molecule has 1 aliphatic heterocycles. The van der Waals surface area contributed by atoms with Crippen molar-refractivity contribution >= 4 is 5.97 Å². The smallest absolute Gasteiger partial charge is 0.309 e. The van der Waals surface area contributed by atoms with Crippen LogP contribution < -0.4 is 0 Å². The Hall–Kier alpha value is -0.640. The maximum Gasteiger partial charge on any atom is 0.309 e. The molecular formula is C9H16FNO2. The van der Waals surface area contributed by atoms with Crippen molar-refractivity contribution < 1.29 is 14.3 Å². The fourth-order valence-electron chi connectivity index (χ4n) is 1.64. The van der Waals surface area contributed by atoms with Gasteiger partial charge in [0.25, 0.3) is 0 Å². The highest BCUT2D eigenvalue weighted by Crippen LogP contribution is 2.33. The predicted octanol–water partition coefficient (Wildman–Crippen LogP) is 1.14. The molecule has 13 heavy (non-hydrogen) atoms. The normalized spacial score (nSPS) is 25.5. The summed E-state index contributed by atoms with van der Waals surface area (Å²) in [5.74, 6) is -1.92. The highest BCUT2D eigenvalue weighted by molar-refractivity contribution is 5.71. The number of nitrogens with zero attached hydrogens (tertiary/aromatic N) is 1. The Morgan fingerprint density at radius 2 is 2.00 bits per heavy atom. The van der Waals surface area contributed by atoms with Crippen molar-refractivity contribution in [3.8, 4) is 0 Å². The zero-order valence-corrected chi connectivity index (χ0v) is 8.09. The van der Waals surface area contributed by atoms with Crippen molar-refractivity contribution in [1.29, 1.82) is 0 Å². The molecule has 0 aromatic rings. The highest BCUT2D eigenvalue weighted by Gasteiger charge is 2.42. The lowest BCUT2D eigenvalue weighted by Crippen LogP contribution is -2.46. The van der Waals surface area contributed by atoms with Gasteiger partial charge in [0.1, 0.15) is 5.67 Å². The number of carboxylic acids is 1. The van der Waals surface area contributed by atoms with Crippen molar-refractivity contribution in [3.63, 3.8) is 0 Å². The first-order chi connectivity index (χ1) is 5.96. The molecule has 1 N–H and O–H groups in total. The molecule has 0 aliphatic carbocycles. The van der Waals surface area contributed by atoms with Crippen molar-refractivity contribution in [1.82, 2.24) is 4.90 Å². The second kappa shape index (κ2) is 3.62. The minimum Gasteiger partial charge on any atom is -0.481 e. The van der Waals surface area contributed by atoms with Gasteiger partial charge in [0.2, 0.25) is 0 Å². The van der Waals surface area contributed by atoms with Gasteiger partial charge in [-0.3, -0.25) is 4.79 Å². The third-order valence-electron chi connectivity index (χ3n) is 2.96. The summed E-state index contributed by atoms with van der Waals surface area (Å²) < 4.78 is 14.0. The summed E-state index contributed by atoms with van der Waals surface area (Å²) in [5, 5.41) is 8.71. The molecule has 1 rings (SSSR count). The second-order valence-electron chi connectivity index (χ2n) is 3.90. The molecule has 0 bridgehead atoms. The molecule has 1 heterocycles. The molecule has 0 saturated carbocycles. The molecule has 1 atom stereocenters. The van der Waals surface area contributed by atoms with E-state index in [1.165, 1.54) is 6.92 Å². The van der Waals surface area contributed by atoms with Gasteiger partial charge in [-0.05, 0) is 26.8 Å². The minimum atomic E-state index is -1.50. The van der Waals surface area contributed by atoms with Crippen LogP contribution in [-0.2, 0) is 4.79 Å². The molecule has 0 aromatic heterocycles. The quantitative estimate of drug-likeness (QED) is 0.708. The second-order valence-corrected chi connectivity index (χ2v) is 3.90. The zero-order valence-electron chi connectivity index (χ0n) is 8.09. The van der Waals surface area contributed by atoms with Crippen LogP contribution in [0.2, 0.25) is 0 Å². The Balaban J connectivity index is 2.61. The fraction of sp³-hybridized carbons (Fsp3) is 0.889. The summed E-state index contributed by atoms with van der Waals surface area (Å²) in [5.41, 5.74) is -1.50. The van der Waals surface area contributed by atoms with Gasteiger partial charge in [0.05, 0.1) is 5.92 Å². The van der Waals surface area contributed by atoms with Crippen molar-refractivity contribution in [2.45, 2.75) is 25.4 Å². The Morgan fingerprint density at radius 3 is 2.38 bits per heavy atom. The Kier molecular flexibility index (Phi) is 2.91. The van der Waals surface area contributed by atoms with Crippen molar-refractivity contribution in [2.24, 2.45) is 5.92 Å². The average Bonchev–Trinajstić information content (AvgIpc) is 2.09. The Morgan fingerprint density at radius 1 is 1.54 bits per heavy atom. The molecule has 1 unspecified atom stereocenters. The number of carboxylic acid groups (broad SMARTS) is 1. The van der Waals surface area contributed by atoms with E-state index in [1.807, 2.05) is 11.9 Å². The zero-order chi connectivity index (χ0) is 10.1. The Labute approximate surface area is 77.5 Å². The fourth-order valence-corrected chi connectivity index (χ4v) is 1.64. The molecule has 0 amide bonds. The lowest BCUT2D eigenvalue weighted by molar-refractivity contribution is -0.148. The maximum absolute atomic E-state index is 14.0. The van der Waals surface area contributed by atoms with E-state index in [2.05, 4.69) is 0 Å². The molecular weight excluding hydrogens is 173 g/mol. The number of piperidine rings is 1. The summed E-state index contributed by atoms with van der Waals surface area (Å²) in [6, 6.07) is 0. The van der Waals surface area contributed by atoms with Gasteiger partial charge in [-0.25, -0.2) is 4.39 Å². The molecule has 1 saturated heterocycles. The number of hydrogen-bond acceptors (Lipinski definition) is 2. The average molecular weight is 189 g/mol. The summed E-state index contributed by atoms with van der Waals surface area (Å²) >= 11 is 0. The third-order valence-corrected chi connectivity index (χ3v) is 2.96. The van der Waals surface area contributed by atoms with E-state index >= 15 is 0 Å². The summed E-state index contributed by atoms with van der Waals surface area (Å²) in [6.07, 6.45) is 0.661. The largest absolute Gasteiger partial charge is 0.481 e. The van der Waals surface area contributed by atoms with Crippen molar-refractivity contribution in [2.75, 3.05) is 20.1 Å². The topological polar surface area (TPSA) is 40.5 Å². The van der Waals surface area contributed by atoms with Gasteiger partial charge in [-0.2, -0.15) is 0 Å². The van der Waals surface area contributed by atoms with Gasteiger partial charge in [0, 0.05) is 13.1 Å². The van der Waals surface area contributed by atoms with Gasteiger partial charge in [0.15, 0.2) is 0 Å². The van der Waals surface area contributed by atoms with E-state index in [-0.39, 0.29) is 0 Å². The molecule has 1 aliphatic rings. The number of aliphatic carboxylic acids is 1. The lowest BCUT2D eigenvalue weighted by atomic mass is 9.82. The van der Waals surface area contributed by atoms with E-state index in [0.29, 0.717) is 25.9 Å². The third kappa shape index (κ3) is 2.18. The van der Waals surface area contributed by atoms with Crippen LogP contribution in [0.5, 0.6) is 0 Å². The minimum absolute atomic E-state index is 0.330. The Bertz CT molecular complexity index is 200. The highest BCUT2D eigenvalue weighted by atomic mass is 19.1. The number of alkyl halides is 1. The molecule has 3 nitrogen and oxygen atoms in total. The first-order valence-electron chi connectivity index (χ1n) is 4.56. The van der Waals surface area contributed by atoms with E-state index in [1.54, 1.807) is 0 Å². The van der Waals surface area contributed by atoms with Crippen LogP contribution in [0.4, 0.5) is 4.39 Å². The van der Waals surface area contributed by atoms with Gasteiger partial charge in [-0.1, -0.05) is 0 Å². The van der Waals surface area contributed by atoms with Crippen LogP contribution in [0.3, 0.4) is 0 Å². The summed E-state index contributed by atoms with van der Waals surface area (Å²) in [7, 11) is 1.92. The standard InChI is InChI=1S/C9H16FNO2/c1-7(8(12)13)9(10)3-5-11(2)6-4-9/h7H,3-6H2,1-2H3,(H,12,13). The lowest BCUT2D eigenvalue weighted by Gasteiger charge is -2.36. The maximum atomic E-state index is 14.0. The number of halogens is 1. The molecule has 0 spiro atoms. The van der Waals surface area contributed by atoms with E-state index in [0.717, 1.165) is 0 Å². The number of carbonyl (C=O) groups is 1. The van der Waals surface area contributed by atoms with Crippen LogP contribution in [0, 0.1) is 5.92 Å². The first kappa shape index (κ1) is 10.4. The molecule has 76 valence electrons. The predicted molar refractivity (Wildman–Crippen MR) is 47.4 cm³/mol. The number of rotatable bonds is 2. The molecule has 0 aromatic carbocycles. The van der Waals surface area contributed by atoms with E-state index in [4.69, 9.17) is 5.11 Å². The van der Waals surface area contributed by atoms with Crippen LogP contribution in [-0.4, -0.2) is 41.8 Å². The van der Waals surface area contributed by atoms with E-state index in [9.17, 15) is 9.18 Å². The monoisotopic (exact) mass is 189 g/mol. The summed E-state index contributed by atoms with van der Waals surface area (Å²) in [4.78, 5) is 12.7. The molecule has 0 radical (unpaired) electrons. The van der Waals surface area contributed by atoms with Crippen LogP contribution in [0.1, 0.15) is 19.8 Å². The molecule has 1 fully saturated rings. The molecule has 4 heteroatoms. The van der Waals surface area contributed by atoms with Gasteiger partial charge >= 0.3 is 5.97 Å². The first-order valence-corrected chi connectivity index (χ1v) is 4.56. The summed E-state index contributed by atoms with van der Waals surface area (Å²) in [6.45, 7) is 2.75. The van der Waals surface area contributed by atoms with Gasteiger partial charge < -0.3 is 10.0 Å². The van der Waals surface area contributed by atoms with E-state index < -0.39 is 17.6 Å². The van der Waals surface area contributed by atoms with Crippen LogP contribution in [0.15, 0.2) is 0 Å². The SMILES string of the molecule is CC(C(=O)O)C1(F)CCN(C)CC1. The van der Waals surface area contributed by atoms with Crippen LogP contribution >= 0.6 is 0 Å². The number of hydrogen-bond donors (Lipinski definition) is 1. The van der Waals surface area contributed by atoms with Crippen LogP contribution in [0.25, 0.3) is 0 Å². The van der Waals surface area contributed by atoms with Crippen molar-refractivity contribution in [3.05, 3.63) is 0 Å². The number of likely N-dealkylation sites (tertiary alicyclic amines) is 1. The van der Waals surface area contributed by atoms with Gasteiger partial charge in [-0.15, -0.1) is 0 Å².